The van der Waals surface area contributed by atoms with Gasteiger partial charge in [-0.1, -0.05) is 6.07 Å². The number of methoxy groups -OCH3 is 1. The first-order chi connectivity index (χ1) is 10.7. The summed E-state index contributed by atoms with van der Waals surface area (Å²) in [5.74, 6) is 0.218. The van der Waals surface area contributed by atoms with Crippen molar-refractivity contribution in [1.29, 1.82) is 0 Å². The Hall–Kier alpha value is -2.54. The number of rotatable bonds is 5. The van der Waals surface area contributed by atoms with E-state index < -0.39 is 5.91 Å². The maximum absolute atomic E-state index is 12.0. The van der Waals surface area contributed by atoms with Crippen molar-refractivity contribution < 1.29 is 19.1 Å². The van der Waals surface area contributed by atoms with Crippen LogP contribution in [-0.2, 0) is 0 Å². The Morgan fingerprint density at radius 3 is 2.55 bits per heavy atom. The molecule has 1 heterocycles. The minimum absolute atomic E-state index is 0.354. The number of carbonyl (C=O) groups is 2. The van der Waals surface area contributed by atoms with Crippen LogP contribution in [0.2, 0.25) is 0 Å². The number of thiophene rings is 1. The summed E-state index contributed by atoms with van der Waals surface area (Å²) in [6, 6.07) is 8.24. The lowest BCUT2D eigenvalue weighted by Crippen LogP contribution is -2.41. The molecule has 116 valence electrons. The van der Waals surface area contributed by atoms with Crippen LogP contribution in [0.1, 0.15) is 27.0 Å². The van der Waals surface area contributed by atoms with Crippen LogP contribution in [0, 0.1) is 0 Å². The first-order valence-corrected chi connectivity index (χ1v) is 7.48. The zero-order valence-electron chi connectivity index (χ0n) is 12.2. The van der Waals surface area contributed by atoms with Crippen molar-refractivity contribution in [2.24, 2.45) is 0 Å². The number of nitrogens with one attached hydrogen (secondary N) is 2. The molecule has 0 saturated heterocycles. The SMILES string of the molecule is CCOc1ccc(C(=O)NNC(=O)c2cccs2)cc1OC. The number of benzene rings is 1. The Kier molecular flexibility index (Phi) is 5.37. The van der Waals surface area contributed by atoms with E-state index in [-0.39, 0.29) is 5.91 Å². The van der Waals surface area contributed by atoms with Crippen molar-refractivity contribution in [3.63, 3.8) is 0 Å². The van der Waals surface area contributed by atoms with Gasteiger partial charge >= 0.3 is 0 Å². The van der Waals surface area contributed by atoms with E-state index in [9.17, 15) is 9.59 Å². The lowest BCUT2D eigenvalue weighted by atomic mass is 10.2. The van der Waals surface area contributed by atoms with Crippen molar-refractivity contribution in [1.82, 2.24) is 10.9 Å². The highest BCUT2D eigenvalue weighted by molar-refractivity contribution is 7.12. The highest BCUT2D eigenvalue weighted by Crippen LogP contribution is 2.27. The predicted octanol–water partition coefficient (Wildman–Crippen LogP) is 2.23. The van der Waals surface area contributed by atoms with E-state index in [4.69, 9.17) is 9.47 Å². The molecule has 2 rings (SSSR count). The third-order valence-corrected chi connectivity index (χ3v) is 3.63. The van der Waals surface area contributed by atoms with Crippen molar-refractivity contribution in [3.05, 3.63) is 46.2 Å². The average molecular weight is 320 g/mol. The van der Waals surface area contributed by atoms with Gasteiger partial charge < -0.3 is 9.47 Å². The summed E-state index contributed by atoms with van der Waals surface area (Å²) in [5, 5.41) is 1.79. The van der Waals surface area contributed by atoms with Crippen LogP contribution in [0.3, 0.4) is 0 Å². The van der Waals surface area contributed by atoms with Gasteiger partial charge in [-0.05, 0) is 36.6 Å². The molecule has 0 atom stereocenters. The molecular weight excluding hydrogens is 304 g/mol. The van der Waals surface area contributed by atoms with Crippen LogP contribution < -0.4 is 20.3 Å². The molecule has 2 N–H and O–H groups in total. The zero-order chi connectivity index (χ0) is 15.9. The monoisotopic (exact) mass is 320 g/mol. The first kappa shape index (κ1) is 15.8. The second-order valence-corrected chi connectivity index (χ2v) is 5.13. The van der Waals surface area contributed by atoms with Gasteiger partial charge in [0.15, 0.2) is 11.5 Å². The topological polar surface area (TPSA) is 76.7 Å². The molecule has 6 nitrogen and oxygen atoms in total. The van der Waals surface area contributed by atoms with Gasteiger partial charge in [0.2, 0.25) is 0 Å². The van der Waals surface area contributed by atoms with E-state index in [0.29, 0.717) is 28.5 Å². The summed E-state index contributed by atoms with van der Waals surface area (Å²) in [7, 11) is 1.50. The molecule has 7 heteroatoms. The van der Waals surface area contributed by atoms with Crippen LogP contribution in [-0.4, -0.2) is 25.5 Å². The van der Waals surface area contributed by atoms with E-state index >= 15 is 0 Å². The van der Waals surface area contributed by atoms with Crippen molar-refractivity contribution >= 4 is 23.2 Å². The van der Waals surface area contributed by atoms with Crippen LogP contribution >= 0.6 is 11.3 Å². The van der Waals surface area contributed by atoms with Gasteiger partial charge in [0.05, 0.1) is 18.6 Å². The molecule has 0 aliphatic carbocycles. The normalized spacial score (nSPS) is 9.91. The number of ether oxygens (including phenoxy) is 2. The molecule has 0 aliphatic heterocycles. The molecule has 22 heavy (non-hydrogen) atoms. The molecule has 0 bridgehead atoms. The molecule has 0 unspecified atom stereocenters. The molecule has 2 aromatic rings. The summed E-state index contributed by atoms with van der Waals surface area (Å²) in [4.78, 5) is 24.3. The fraction of sp³-hybridized carbons (Fsp3) is 0.200. The van der Waals surface area contributed by atoms with Gasteiger partial charge in [-0.15, -0.1) is 11.3 Å². The minimum atomic E-state index is -0.439. The second kappa shape index (κ2) is 7.46. The maximum atomic E-state index is 12.0. The van der Waals surface area contributed by atoms with Crippen LogP contribution in [0.5, 0.6) is 11.5 Å². The summed E-state index contributed by atoms with van der Waals surface area (Å²) >= 11 is 1.29. The standard InChI is InChI=1S/C15H16N2O4S/c1-3-21-11-7-6-10(9-12(11)20-2)14(18)16-17-15(19)13-5-4-8-22-13/h4-9H,3H2,1-2H3,(H,16,18)(H,17,19). The molecule has 0 spiro atoms. The molecular formula is C15H16N2O4S. The van der Waals surface area contributed by atoms with Gasteiger partial charge in [0, 0.05) is 5.56 Å². The Labute approximate surface area is 132 Å². The van der Waals surface area contributed by atoms with E-state index in [1.807, 2.05) is 6.92 Å². The van der Waals surface area contributed by atoms with Gasteiger partial charge in [0.25, 0.3) is 11.8 Å². The van der Waals surface area contributed by atoms with E-state index in [1.54, 1.807) is 35.7 Å². The highest BCUT2D eigenvalue weighted by atomic mass is 32.1. The van der Waals surface area contributed by atoms with Crippen molar-refractivity contribution in [2.75, 3.05) is 13.7 Å². The smallest absolute Gasteiger partial charge is 0.279 e. The Bertz CT molecular complexity index is 656. The van der Waals surface area contributed by atoms with Gasteiger partial charge in [-0.25, -0.2) is 0 Å². The predicted molar refractivity (Wildman–Crippen MR) is 83.4 cm³/mol. The van der Waals surface area contributed by atoms with E-state index in [2.05, 4.69) is 10.9 Å². The third kappa shape index (κ3) is 3.76. The van der Waals surface area contributed by atoms with Gasteiger partial charge in [0.1, 0.15) is 0 Å². The molecule has 0 saturated carbocycles. The van der Waals surface area contributed by atoms with Crippen LogP contribution in [0.25, 0.3) is 0 Å². The molecule has 2 amide bonds. The molecule has 0 radical (unpaired) electrons. The van der Waals surface area contributed by atoms with Crippen LogP contribution in [0.15, 0.2) is 35.7 Å². The van der Waals surface area contributed by atoms with Crippen molar-refractivity contribution in [3.8, 4) is 11.5 Å². The lowest BCUT2D eigenvalue weighted by Gasteiger charge is -2.11. The van der Waals surface area contributed by atoms with E-state index in [0.717, 1.165) is 0 Å². The zero-order valence-corrected chi connectivity index (χ0v) is 13.0. The van der Waals surface area contributed by atoms with Gasteiger partial charge in [-0.3, -0.25) is 20.4 Å². The lowest BCUT2D eigenvalue weighted by molar-refractivity contribution is 0.0848. The first-order valence-electron chi connectivity index (χ1n) is 6.60. The largest absolute Gasteiger partial charge is 0.493 e. The summed E-state index contributed by atoms with van der Waals surface area (Å²) in [6.07, 6.45) is 0. The quantitative estimate of drug-likeness (QED) is 0.828. The minimum Gasteiger partial charge on any atom is -0.493 e. The Morgan fingerprint density at radius 2 is 1.91 bits per heavy atom. The summed E-state index contributed by atoms with van der Waals surface area (Å²) in [5.41, 5.74) is 5.08. The number of amides is 2. The molecule has 1 aromatic heterocycles. The maximum Gasteiger partial charge on any atom is 0.279 e. The molecule has 0 aliphatic rings. The number of carbonyl (C=O) groups excluding carboxylic acids is 2. The summed E-state index contributed by atoms with van der Waals surface area (Å²) in [6.45, 7) is 2.36. The van der Waals surface area contributed by atoms with Crippen LogP contribution in [0.4, 0.5) is 0 Å². The van der Waals surface area contributed by atoms with Crippen molar-refractivity contribution in [2.45, 2.75) is 6.92 Å². The second-order valence-electron chi connectivity index (χ2n) is 4.18. The average Bonchev–Trinajstić information content (AvgIpc) is 3.07. The highest BCUT2D eigenvalue weighted by Gasteiger charge is 2.12. The number of hydrazine groups is 1. The third-order valence-electron chi connectivity index (χ3n) is 2.76. The summed E-state index contributed by atoms with van der Waals surface area (Å²) < 4.78 is 10.6. The Morgan fingerprint density at radius 1 is 1.14 bits per heavy atom. The fourth-order valence-electron chi connectivity index (χ4n) is 1.74. The molecule has 1 aromatic carbocycles. The molecule has 0 fully saturated rings. The number of hydrogen-bond donors (Lipinski definition) is 2. The van der Waals surface area contributed by atoms with E-state index in [1.165, 1.54) is 18.4 Å². The van der Waals surface area contributed by atoms with Gasteiger partial charge in [-0.2, -0.15) is 0 Å². The number of hydrogen-bond acceptors (Lipinski definition) is 5. The Balaban J connectivity index is 2.01. The fourth-order valence-corrected chi connectivity index (χ4v) is 2.36.